The molecule has 0 bridgehead atoms. The van der Waals surface area contributed by atoms with Gasteiger partial charge in [0.2, 0.25) is 0 Å². The number of anilines is 3. The second-order valence-electron chi connectivity index (χ2n) is 10.2. The zero-order chi connectivity index (χ0) is 22.7. The normalized spacial score (nSPS) is 18.4. The first kappa shape index (κ1) is 23.0. The minimum atomic E-state index is 0.483. The third-order valence-corrected chi connectivity index (χ3v) is 7.39. The monoisotopic (exact) mass is 435 g/mol. The highest BCUT2D eigenvalue weighted by Crippen LogP contribution is 2.34. The van der Waals surface area contributed by atoms with Gasteiger partial charge in [-0.05, 0) is 91.9 Å². The van der Waals surface area contributed by atoms with E-state index >= 15 is 0 Å². The average Bonchev–Trinajstić information content (AvgIpc) is 2.78. The van der Waals surface area contributed by atoms with Crippen molar-refractivity contribution in [2.75, 3.05) is 36.4 Å². The van der Waals surface area contributed by atoms with Crippen LogP contribution >= 0.6 is 0 Å². The summed E-state index contributed by atoms with van der Waals surface area (Å²) in [5.74, 6) is 4.77. The Balaban J connectivity index is 1.55. The van der Waals surface area contributed by atoms with Gasteiger partial charge < -0.3 is 15.1 Å². The van der Waals surface area contributed by atoms with E-state index in [0.717, 1.165) is 42.5 Å². The average molecular weight is 436 g/mol. The summed E-state index contributed by atoms with van der Waals surface area (Å²) in [5.41, 5.74) is 2.73. The summed E-state index contributed by atoms with van der Waals surface area (Å²) < 4.78 is 0. The summed E-state index contributed by atoms with van der Waals surface area (Å²) in [4.78, 5) is 14.7. The smallest absolute Gasteiger partial charge is 0.134 e. The number of aromatic nitrogens is 2. The van der Waals surface area contributed by atoms with Gasteiger partial charge in [-0.15, -0.1) is 0 Å². The first-order valence-corrected chi connectivity index (χ1v) is 12.7. The molecule has 4 rings (SSSR count). The van der Waals surface area contributed by atoms with Crippen LogP contribution in [0.5, 0.6) is 0 Å². The Bertz CT molecular complexity index is 877. The predicted molar refractivity (Wildman–Crippen MR) is 135 cm³/mol. The molecule has 5 heteroatoms. The molecule has 0 aliphatic carbocycles. The van der Waals surface area contributed by atoms with Gasteiger partial charge in [0.15, 0.2) is 0 Å². The quantitative estimate of drug-likeness (QED) is 0.537. The van der Waals surface area contributed by atoms with Crippen LogP contribution in [0.4, 0.5) is 17.5 Å². The number of piperidine rings is 1. The molecule has 1 N–H and O–H groups in total. The van der Waals surface area contributed by atoms with Gasteiger partial charge in [0.25, 0.3) is 0 Å². The maximum absolute atomic E-state index is 4.99. The largest absolute Gasteiger partial charge is 0.356 e. The third kappa shape index (κ3) is 5.25. The molecule has 0 amide bonds. The van der Waals surface area contributed by atoms with Crippen LogP contribution in [0.3, 0.4) is 0 Å². The van der Waals surface area contributed by atoms with Crippen molar-refractivity contribution in [3.63, 3.8) is 0 Å². The first-order valence-electron chi connectivity index (χ1n) is 12.7. The Hall–Kier alpha value is -2.14. The number of hydrogen-bond acceptors (Lipinski definition) is 5. The fraction of sp³-hybridized carbons (Fsp3) is 0.630. The molecule has 5 nitrogen and oxygen atoms in total. The van der Waals surface area contributed by atoms with Gasteiger partial charge >= 0.3 is 0 Å². The lowest BCUT2D eigenvalue weighted by atomic mass is 9.88. The molecule has 2 aliphatic heterocycles. The molecule has 0 saturated carbocycles. The van der Waals surface area contributed by atoms with Gasteiger partial charge in [-0.3, -0.25) is 0 Å². The third-order valence-electron chi connectivity index (χ3n) is 7.39. The molecule has 2 saturated heterocycles. The molecular formula is C27H41N5. The molecular weight excluding hydrogens is 394 g/mol. The van der Waals surface area contributed by atoms with Crippen LogP contribution in [0.25, 0.3) is 0 Å². The van der Waals surface area contributed by atoms with E-state index in [1.165, 1.54) is 49.9 Å². The maximum Gasteiger partial charge on any atom is 0.134 e. The van der Waals surface area contributed by atoms with Crippen molar-refractivity contribution < 1.29 is 0 Å². The van der Waals surface area contributed by atoms with Crippen LogP contribution in [0.2, 0.25) is 0 Å². The molecule has 0 spiro atoms. The molecule has 2 aliphatic rings. The highest BCUT2D eigenvalue weighted by molar-refractivity contribution is 5.59. The number of pyridine rings is 2. The lowest BCUT2D eigenvalue weighted by Gasteiger charge is -2.39. The van der Waals surface area contributed by atoms with Gasteiger partial charge in [-0.2, -0.15) is 0 Å². The summed E-state index contributed by atoms with van der Waals surface area (Å²) in [6, 6.07) is 9.61. The lowest BCUT2D eigenvalue weighted by molar-refractivity contribution is 0.144. The van der Waals surface area contributed by atoms with Crippen LogP contribution in [0.1, 0.15) is 83.3 Å². The van der Waals surface area contributed by atoms with E-state index in [4.69, 9.17) is 4.98 Å². The molecule has 2 aromatic rings. The van der Waals surface area contributed by atoms with Crippen LogP contribution in [-0.4, -0.2) is 47.1 Å². The standard InChI is InChI=1S/C27H41N5/c1-6-24(7-2)31-12-9-21(10-13-31)23-15-26(30-27(16-23)32-17-20(5)18-32)29-25-14-22(19(3)4)8-11-28-25/h8,11,14-16,19-21,24H,6-7,9-10,12-13,17-18H2,1-5H3,(H,28,29,30). The number of likely N-dealkylation sites (tertiary alicyclic amines) is 1. The van der Waals surface area contributed by atoms with E-state index in [2.05, 4.69) is 79.0 Å². The Kier molecular flexibility index (Phi) is 7.34. The molecule has 0 atom stereocenters. The van der Waals surface area contributed by atoms with E-state index in [0.29, 0.717) is 11.8 Å². The van der Waals surface area contributed by atoms with E-state index in [9.17, 15) is 0 Å². The summed E-state index contributed by atoms with van der Waals surface area (Å²) in [7, 11) is 0. The van der Waals surface area contributed by atoms with Crippen molar-refractivity contribution in [1.82, 2.24) is 14.9 Å². The van der Waals surface area contributed by atoms with Crippen LogP contribution in [0, 0.1) is 5.92 Å². The van der Waals surface area contributed by atoms with Crippen molar-refractivity contribution in [2.24, 2.45) is 5.92 Å². The van der Waals surface area contributed by atoms with Crippen molar-refractivity contribution in [2.45, 2.75) is 78.2 Å². The number of nitrogens with one attached hydrogen (secondary N) is 1. The highest BCUT2D eigenvalue weighted by Gasteiger charge is 2.28. The zero-order valence-corrected chi connectivity index (χ0v) is 20.6. The second-order valence-corrected chi connectivity index (χ2v) is 10.2. The summed E-state index contributed by atoms with van der Waals surface area (Å²) >= 11 is 0. The Morgan fingerprint density at radius 2 is 1.75 bits per heavy atom. The van der Waals surface area contributed by atoms with Gasteiger partial charge in [-0.25, -0.2) is 9.97 Å². The van der Waals surface area contributed by atoms with E-state index < -0.39 is 0 Å². The highest BCUT2D eigenvalue weighted by atomic mass is 15.2. The molecule has 2 aromatic heterocycles. The van der Waals surface area contributed by atoms with Crippen LogP contribution < -0.4 is 10.2 Å². The van der Waals surface area contributed by atoms with Gasteiger partial charge in [0, 0.05) is 25.3 Å². The van der Waals surface area contributed by atoms with E-state index in [-0.39, 0.29) is 0 Å². The topological polar surface area (TPSA) is 44.3 Å². The van der Waals surface area contributed by atoms with Crippen molar-refractivity contribution in [3.8, 4) is 0 Å². The van der Waals surface area contributed by atoms with Crippen molar-refractivity contribution in [3.05, 3.63) is 41.6 Å². The molecule has 0 unspecified atom stereocenters. The van der Waals surface area contributed by atoms with Crippen LogP contribution in [0.15, 0.2) is 30.5 Å². The summed E-state index contributed by atoms with van der Waals surface area (Å²) in [6.07, 6.45) is 6.87. The Morgan fingerprint density at radius 1 is 1.03 bits per heavy atom. The minimum Gasteiger partial charge on any atom is -0.356 e. The first-order chi connectivity index (χ1) is 15.5. The second kappa shape index (κ2) is 10.2. The summed E-state index contributed by atoms with van der Waals surface area (Å²) in [5, 5.41) is 3.52. The molecule has 32 heavy (non-hydrogen) atoms. The molecule has 0 aromatic carbocycles. The molecule has 0 radical (unpaired) electrons. The van der Waals surface area contributed by atoms with Crippen molar-refractivity contribution in [1.29, 1.82) is 0 Å². The number of nitrogens with zero attached hydrogens (tertiary/aromatic N) is 4. The summed E-state index contributed by atoms with van der Waals surface area (Å²) in [6.45, 7) is 16.0. The SMILES string of the molecule is CCC(CC)N1CCC(c2cc(Nc3cc(C(C)C)ccn3)nc(N3CC(C)C3)c2)CC1. The van der Waals surface area contributed by atoms with Crippen molar-refractivity contribution >= 4 is 17.5 Å². The van der Waals surface area contributed by atoms with Crippen LogP contribution in [-0.2, 0) is 0 Å². The van der Waals surface area contributed by atoms with Gasteiger partial charge in [-0.1, -0.05) is 34.6 Å². The lowest BCUT2D eigenvalue weighted by Crippen LogP contribution is -2.45. The predicted octanol–water partition coefficient (Wildman–Crippen LogP) is 6.17. The van der Waals surface area contributed by atoms with E-state index in [1.54, 1.807) is 0 Å². The van der Waals surface area contributed by atoms with Gasteiger partial charge in [0.1, 0.15) is 17.5 Å². The van der Waals surface area contributed by atoms with E-state index in [1.807, 2.05) is 6.20 Å². The fourth-order valence-corrected chi connectivity index (χ4v) is 5.29. The number of rotatable bonds is 8. The number of hydrogen-bond donors (Lipinski definition) is 1. The molecule has 2 fully saturated rings. The Morgan fingerprint density at radius 3 is 2.38 bits per heavy atom. The Labute approximate surface area is 194 Å². The maximum atomic E-state index is 4.99. The minimum absolute atomic E-state index is 0.483. The molecule has 174 valence electrons. The zero-order valence-electron chi connectivity index (χ0n) is 20.6. The van der Waals surface area contributed by atoms with Gasteiger partial charge in [0.05, 0.1) is 0 Å². The molecule has 4 heterocycles. The fourth-order valence-electron chi connectivity index (χ4n) is 5.29.